The van der Waals surface area contributed by atoms with E-state index in [1.54, 1.807) is 48.5 Å². The van der Waals surface area contributed by atoms with E-state index in [0.29, 0.717) is 34.6 Å². The highest BCUT2D eigenvalue weighted by molar-refractivity contribution is 5.98. The van der Waals surface area contributed by atoms with Crippen LogP contribution in [0.3, 0.4) is 0 Å². The van der Waals surface area contributed by atoms with Crippen LogP contribution in [0.15, 0.2) is 140 Å². The lowest BCUT2D eigenvalue weighted by molar-refractivity contribution is -0.150. The number of cyclic esters (lactones) is 1. The standard InChI is InChI=1S/C67H80N14O26/c1-4-9-44-55(107-44)66(104)77-43(27-82)61(99)80-51-29(3)106-67(105)42(20-32-25-70-37-13-8-6-11-35(32)37)76-62(100)50(28(2)18-46(85)86)79-65(103)53(54(93)56(68)94)78-45(84)26-71-57(95)39(21-47(87)88)75-64(102)52(30-14-16-33(83)17-15-30)81-60(98)41(23-49(91)92)73-59(97)40(22-48(89)90)72-58(96)38(74-63(51)101)19-31-24-69-36-12-7-5-10-34(31)36/h5-8,10-17,24-25,28-29,38-44,50-55,69-70,82-83,93H,4,9,18-23,26-27H2,1-3H3,(H2,68,94)(H,71,95)(H,72,96)(H,73,97)(H,74,101)(H,75,102)(H,76,100)(H,77,104)(H,78,84)(H,79,103)(H,80,99)(H,81,98)(H,85,86)(H,87,88)(H,89,90)(H,91,92)/t28-,29-,38+,39+,40+,41+,42+,43+,44?,50+,51+,52-,53-,54?,55?/m1/s1. The number of nitrogens with one attached hydrogen (secondary N) is 3. The van der Waals surface area contributed by atoms with Crippen LogP contribution in [-0.4, -0.2) is 300 Å². The number of epoxide rings is 1. The average Bonchev–Trinajstić information content (AvgIpc) is 1.78. The lowest BCUT2D eigenvalue weighted by Gasteiger charge is -2.24. The summed E-state index contributed by atoms with van der Waals surface area (Å²) in [6, 6.07) is -4.74. The van der Waals surface area contributed by atoms with Crippen LogP contribution >= 0.6 is 0 Å². The summed E-state index contributed by atoms with van der Waals surface area (Å²) in [4.78, 5) is 114. The zero-order valence-corrected chi connectivity index (χ0v) is 57.1. The number of hydrogen-bond acceptors (Lipinski definition) is 22. The van der Waals surface area contributed by atoms with E-state index in [4.69, 9.17) is 14.9 Å². The number of ether oxygens (including phenoxy) is 2. The normalized spacial score (nSPS) is 24.9. The maximum atomic E-state index is 15.1. The van der Waals surface area contributed by atoms with Crippen molar-refractivity contribution in [3.8, 4) is 5.75 Å². The minimum atomic E-state index is -2.69. The number of hydrogen-bond donors (Lipinski definition) is 22. The van der Waals surface area contributed by atoms with Crippen LogP contribution in [0.2, 0.25) is 0 Å². The second-order valence-electron chi connectivity index (χ2n) is 24.6. The molecule has 2 aliphatic rings. The number of aliphatic hydroxyl groups is 14. The monoisotopic (exact) mass is 1500 g/mol. The maximum Gasteiger partial charge on any atom is 0.331 e. The van der Waals surface area contributed by atoms with Crippen molar-refractivity contribution in [2.24, 2.45) is 60.8 Å². The van der Waals surface area contributed by atoms with E-state index in [1.807, 2.05) is 6.92 Å². The summed E-state index contributed by atoms with van der Waals surface area (Å²) in [5, 5.41) is 220. The molecule has 574 valence electrons. The molecule has 2 aromatic heterocycles. The van der Waals surface area contributed by atoms with Gasteiger partial charge in [-0.05, 0) is 60.2 Å². The molecule has 4 heterocycles. The number of aromatic amines is 2. The number of rotatable bonds is 23. The van der Waals surface area contributed by atoms with Gasteiger partial charge < -0.3 is 116 Å². The van der Waals surface area contributed by atoms with E-state index < -0.39 is 249 Å². The van der Waals surface area contributed by atoms with E-state index in [1.165, 1.54) is 12.4 Å². The molecule has 0 spiro atoms. The number of fused-ring (bicyclic) bond motifs is 2. The second-order valence-corrected chi connectivity index (χ2v) is 24.6. The van der Waals surface area contributed by atoms with Gasteiger partial charge in [0.15, 0.2) is 42.4 Å². The third kappa shape index (κ3) is 22.7. The number of esters is 1. The van der Waals surface area contributed by atoms with Crippen molar-refractivity contribution in [3.63, 3.8) is 0 Å². The lowest BCUT2D eigenvalue weighted by atomic mass is 9.97. The number of carboxylic acids is 4. The highest BCUT2D eigenvalue weighted by Crippen LogP contribution is 2.30. The Labute approximate surface area is 604 Å². The first-order chi connectivity index (χ1) is 50.7. The highest BCUT2D eigenvalue weighted by Gasteiger charge is 2.44. The number of phenolic OH excluding ortho intramolecular Hbond substituents is 1. The average molecular weight is 1500 g/mol. The number of phenols is 1. The molecule has 40 nitrogen and oxygen atoms in total. The van der Waals surface area contributed by atoms with Crippen molar-refractivity contribution in [3.05, 3.63) is 102 Å². The van der Waals surface area contributed by atoms with Crippen LogP contribution < -0.4 is 0 Å². The molecule has 0 bridgehead atoms. The molecule has 15 atom stereocenters. The molecule has 0 amide bonds. The van der Waals surface area contributed by atoms with Crippen molar-refractivity contribution in [2.45, 2.75) is 157 Å². The summed E-state index contributed by atoms with van der Waals surface area (Å²) in [5.74, 6) is -26.2. The number of benzene rings is 3. The van der Waals surface area contributed by atoms with Crippen LogP contribution in [0.1, 0.15) is 82.0 Å². The van der Waals surface area contributed by atoms with Gasteiger partial charge >= 0.3 is 29.8 Å². The van der Waals surface area contributed by atoms with Crippen molar-refractivity contribution in [2.75, 3.05) is 13.2 Å². The summed E-state index contributed by atoms with van der Waals surface area (Å²) >= 11 is 0. The van der Waals surface area contributed by atoms with Crippen LogP contribution in [-0.2, 0) is 46.3 Å². The minimum absolute atomic E-state index is 0.260. The van der Waals surface area contributed by atoms with Crippen LogP contribution in [0.5, 0.6) is 5.75 Å². The molecule has 1 fully saturated rings. The number of nitrogens with zero attached hydrogens (tertiary/aromatic N) is 11. The molecule has 5 aromatic rings. The molecule has 3 aromatic carbocycles. The first-order valence-electron chi connectivity index (χ1n) is 32.7. The number of aliphatic hydroxyl groups excluding tert-OH is 14. The summed E-state index contributed by atoms with van der Waals surface area (Å²) in [6.07, 6.45) is -8.26. The Bertz CT molecular complexity index is 4410. The molecule has 3 unspecified atom stereocenters. The predicted molar refractivity (Wildman–Crippen MR) is 385 cm³/mol. The van der Waals surface area contributed by atoms with Gasteiger partial charge in [0.2, 0.25) is 70.8 Å². The van der Waals surface area contributed by atoms with E-state index in [9.17, 15) is 116 Å². The van der Waals surface area contributed by atoms with Crippen molar-refractivity contribution >= 4 is 122 Å². The molecular formula is C67H80N14O26. The third-order valence-corrected chi connectivity index (χ3v) is 16.4. The van der Waals surface area contributed by atoms with Crippen molar-refractivity contribution < 1.29 is 130 Å². The van der Waals surface area contributed by atoms with Gasteiger partial charge in [-0.25, -0.2) is 59.7 Å². The van der Waals surface area contributed by atoms with Gasteiger partial charge in [0.05, 0.1) is 38.4 Å². The Morgan fingerprint density at radius 1 is 0.598 bits per heavy atom. The van der Waals surface area contributed by atoms with Crippen molar-refractivity contribution in [1.82, 2.24) is 9.97 Å². The molecule has 0 aliphatic carbocycles. The molecular weight excluding hydrogens is 1420 g/mol. The van der Waals surface area contributed by atoms with Gasteiger partial charge in [-0.15, -0.1) is 0 Å². The summed E-state index contributed by atoms with van der Waals surface area (Å²) in [6.45, 7) is 1.62. The molecule has 22 N–H and O–H groups in total. The van der Waals surface area contributed by atoms with Gasteiger partial charge in [-0.1, -0.05) is 68.8 Å². The fourth-order valence-electron chi connectivity index (χ4n) is 11.0. The summed E-state index contributed by atoms with van der Waals surface area (Å²) < 4.78 is 11.4. The van der Waals surface area contributed by atoms with E-state index in [2.05, 4.69) is 64.9 Å². The maximum absolute atomic E-state index is 15.1. The SMILES string of the molecule is CCCC1OC1C(O)=N[C@@H](CO)C(O)=N[C@@H]1C(O)=N[C@@H](Cc2c[nH]c3ccccc23)C(O)=N[C@@H](CC(=O)O)C(O)=N[C@@H](CC(=O)O)C(O)=N[C@H](c2ccc(O)cc2)C(O)=N[C@@H](CC(=O)O)C(O)=NCC(O)=N[C@H](C(O)C(=N)O)C(O)=N[C@@H]([C@H](C)CC(=O)O)C(O)=N[C@@H](Cc2c[nH]c3ccccc23)C(=O)O[C@@H]1C. The highest BCUT2D eigenvalue weighted by atomic mass is 16.6. The quantitative estimate of drug-likeness (QED) is 0.0183. The summed E-state index contributed by atoms with van der Waals surface area (Å²) in [5.41, 5.74) is 1.27. The third-order valence-electron chi connectivity index (χ3n) is 16.4. The summed E-state index contributed by atoms with van der Waals surface area (Å²) in [7, 11) is 0. The van der Waals surface area contributed by atoms with Gasteiger partial charge in [-0.3, -0.25) is 24.6 Å². The Kier molecular flexibility index (Phi) is 28.4. The van der Waals surface area contributed by atoms with Crippen LogP contribution in [0.4, 0.5) is 0 Å². The topological polar surface area (TPSA) is 683 Å². The van der Waals surface area contributed by atoms with E-state index in [-0.39, 0.29) is 16.7 Å². The molecule has 0 saturated carbocycles. The second kappa shape index (κ2) is 37.2. The van der Waals surface area contributed by atoms with Crippen molar-refractivity contribution in [1.29, 1.82) is 5.41 Å². The smallest absolute Gasteiger partial charge is 0.331 e. The molecule has 2 aliphatic heterocycles. The van der Waals surface area contributed by atoms with Gasteiger partial charge in [0.25, 0.3) is 0 Å². The van der Waals surface area contributed by atoms with Crippen LogP contribution in [0, 0.1) is 11.3 Å². The number of carbonyl (C=O) groups excluding carboxylic acids is 1. The number of para-hydroxylation sites is 2. The minimum Gasteiger partial charge on any atom is -0.508 e. The Hall–Kier alpha value is -12.6. The van der Waals surface area contributed by atoms with E-state index >= 15 is 4.79 Å². The van der Waals surface area contributed by atoms with Gasteiger partial charge in [0, 0.05) is 47.0 Å². The number of aliphatic imine (C=N–C) groups is 11. The zero-order valence-electron chi connectivity index (χ0n) is 57.1. The lowest BCUT2D eigenvalue weighted by Crippen LogP contribution is -2.42. The first-order valence-corrected chi connectivity index (χ1v) is 32.7. The molecule has 7 rings (SSSR count). The largest absolute Gasteiger partial charge is 0.508 e. The Balaban J connectivity index is 1.54. The Morgan fingerprint density at radius 3 is 1.63 bits per heavy atom. The number of carbonyl (C=O) groups is 5. The fourth-order valence-corrected chi connectivity index (χ4v) is 11.0. The Morgan fingerprint density at radius 2 is 1.09 bits per heavy atom. The number of H-pyrrole nitrogens is 2. The number of aromatic hydroxyl groups is 1. The van der Waals surface area contributed by atoms with Crippen LogP contribution in [0.25, 0.3) is 21.8 Å². The van der Waals surface area contributed by atoms with Gasteiger partial charge in [0.1, 0.15) is 48.6 Å². The predicted octanol–water partition coefficient (Wildman–Crippen LogP) is 4.66. The molecule has 0 radical (unpaired) electrons. The number of aliphatic carboxylic acids is 4. The van der Waals surface area contributed by atoms with Gasteiger partial charge in [-0.2, -0.15) is 0 Å². The first kappa shape index (κ1) is 81.7. The molecule has 1 saturated heterocycles. The zero-order chi connectivity index (χ0) is 78.7. The number of aromatic nitrogens is 2. The fraction of sp³-hybridized carbons (Fsp3) is 0.418. The number of carboxylic acid groups (broad SMARTS) is 4. The molecule has 107 heavy (non-hydrogen) atoms. The molecule has 40 heteroatoms. The van der Waals surface area contributed by atoms with E-state index in [0.717, 1.165) is 38.1 Å².